The number of carbonyl (C=O) groups is 5. The van der Waals surface area contributed by atoms with Gasteiger partial charge in [0.05, 0.1) is 30.1 Å². The minimum atomic E-state index is -1.26. The molecule has 5 aromatic rings. The number of benzene rings is 2. The van der Waals surface area contributed by atoms with Crippen molar-refractivity contribution in [2.45, 2.75) is 97.1 Å². The number of aliphatic hydroxyl groups excluding tert-OH is 1. The Morgan fingerprint density at radius 2 is 1.58 bits per heavy atom. The van der Waals surface area contributed by atoms with Gasteiger partial charge in [-0.05, 0) is 66.0 Å². The van der Waals surface area contributed by atoms with E-state index in [1.54, 1.807) is 50.8 Å². The molecule has 4 N–H and O–H groups in total. The highest BCUT2D eigenvalue weighted by Gasteiger charge is 2.45. The van der Waals surface area contributed by atoms with E-state index in [-0.39, 0.29) is 38.3 Å². The third kappa shape index (κ3) is 12.2. The van der Waals surface area contributed by atoms with Crippen LogP contribution in [-0.2, 0) is 33.8 Å². The first-order valence-electron chi connectivity index (χ1n) is 21.8. The number of nitrogens with one attached hydrogen (secondary N) is 2. The zero-order valence-corrected chi connectivity index (χ0v) is 38.4. The first-order chi connectivity index (χ1) is 31.0. The Bertz CT molecular complexity index is 2400. The second-order valence-corrected chi connectivity index (χ2v) is 18.6. The lowest BCUT2D eigenvalue weighted by molar-refractivity contribution is -0.131. The smallest absolute Gasteiger partial charge is 0.407 e. The number of carboxylic acid groups (broad SMARTS) is 1. The minimum absolute atomic E-state index is 0.0310. The highest BCUT2D eigenvalue weighted by atomic mass is 32.1. The molecule has 0 radical (unpaired) electrons. The highest BCUT2D eigenvalue weighted by molar-refractivity contribution is 7.13. The van der Waals surface area contributed by atoms with Crippen molar-refractivity contribution in [3.63, 3.8) is 0 Å². The third-order valence-electron chi connectivity index (χ3n) is 11.8. The summed E-state index contributed by atoms with van der Waals surface area (Å²) in [7, 11) is 1.35. The molecule has 342 valence electrons. The number of imide groups is 1. The Morgan fingerprint density at radius 1 is 0.877 bits per heavy atom. The summed E-state index contributed by atoms with van der Waals surface area (Å²) in [6, 6.07) is 22.0. The first kappa shape index (κ1) is 47.9. The van der Waals surface area contributed by atoms with Crippen LogP contribution in [0.5, 0.6) is 0 Å². The molecule has 4 heterocycles. The molecule has 0 aliphatic carbocycles. The number of aliphatic hydroxyl groups is 1. The van der Waals surface area contributed by atoms with E-state index in [1.807, 2.05) is 92.7 Å². The average Bonchev–Trinajstić information content (AvgIpc) is 3.87. The number of nitrogens with zero attached hydrogens (tertiary/aromatic N) is 6. The molecule has 6 rings (SSSR count). The van der Waals surface area contributed by atoms with Crippen LogP contribution in [0.1, 0.15) is 64.3 Å². The predicted octanol–water partition coefficient (Wildman–Crippen LogP) is 6.68. The van der Waals surface area contributed by atoms with E-state index in [0.29, 0.717) is 17.1 Å². The van der Waals surface area contributed by atoms with E-state index in [2.05, 4.69) is 25.6 Å². The van der Waals surface area contributed by atoms with Crippen LogP contribution >= 0.6 is 11.3 Å². The summed E-state index contributed by atoms with van der Waals surface area (Å²) in [5.74, 6) is -1.89. The van der Waals surface area contributed by atoms with E-state index >= 15 is 0 Å². The van der Waals surface area contributed by atoms with Crippen LogP contribution in [0.4, 0.5) is 9.59 Å². The van der Waals surface area contributed by atoms with E-state index in [1.165, 1.54) is 23.3 Å². The van der Waals surface area contributed by atoms with Crippen LogP contribution in [0.15, 0.2) is 109 Å². The van der Waals surface area contributed by atoms with E-state index in [9.17, 15) is 34.2 Å². The zero-order valence-electron chi connectivity index (χ0n) is 37.6. The molecule has 1 saturated heterocycles. The lowest BCUT2D eigenvalue weighted by atomic mass is 9.84. The minimum Gasteiger partial charge on any atom is -0.465 e. The summed E-state index contributed by atoms with van der Waals surface area (Å²) in [6.07, 6.45) is 3.51. The van der Waals surface area contributed by atoms with Crippen LogP contribution in [-0.4, -0.2) is 114 Å². The number of rotatable bonds is 19. The second kappa shape index (κ2) is 21.4. The van der Waals surface area contributed by atoms with Crippen molar-refractivity contribution >= 4 is 41.2 Å². The molecule has 0 spiro atoms. The van der Waals surface area contributed by atoms with Crippen LogP contribution in [0.3, 0.4) is 0 Å². The van der Waals surface area contributed by atoms with Gasteiger partial charge in [-0.1, -0.05) is 102 Å². The van der Waals surface area contributed by atoms with Gasteiger partial charge in [0.25, 0.3) is 5.91 Å². The quantitative estimate of drug-likeness (QED) is 0.0649. The fourth-order valence-corrected chi connectivity index (χ4v) is 9.07. The maximum absolute atomic E-state index is 14.7. The lowest BCUT2D eigenvalue weighted by Gasteiger charge is -2.37. The fourth-order valence-electron chi connectivity index (χ4n) is 8.27. The van der Waals surface area contributed by atoms with Gasteiger partial charge >= 0.3 is 12.1 Å². The zero-order chi connectivity index (χ0) is 46.8. The molecule has 15 nitrogen and oxygen atoms in total. The Kier molecular flexibility index (Phi) is 15.8. The average molecular weight is 903 g/mol. The number of aromatic nitrogens is 3. The van der Waals surface area contributed by atoms with Crippen LogP contribution in [0.25, 0.3) is 21.8 Å². The van der Waals surface area contributed by atoms with Crippen molar-refractivity contribution in [1.82, 2.24) is 40.3 Å². The SMILES string of the molecule is CCC(C)[C@@H](C(=O)N[C@@H](Cc1ccccc1)[C@@H](O)C[C@H](Cc1ccc(-c2ccccn2)cc1)NC(=O)[C@@H](N(C)C(=O)O)C(C)(C)C)N1CC(=O)N(Cc2csc(-c3cccnc3)n2)C1=O. The number of urea groups is 1. The van der Waals surface area contributed by atoms with Crippen LogP contribution in [0.2, 0.25) is 0 Å². The number of carbonyl (C=O) groups excluding carboxylic acids is 4. The van der Waals surface area contributed by atoms with Gasteiger partial charge in [0, 0.05) is 48.2 Å². The molecule has 1 unspecified atom stereocenters. The largest absolute Gasteiger partial charge is 0.465 e. The summed E-state index contributed by atoms with van der Waals surface area (Å²) in [5.41, 5.74) is 3.91. The van der Waals surface area contributed by atoms with Crippen molar-refractivity contribution in [1.29, 1.82) is 0 Å². The van der Waals surface area contributed by atoms with Gasteiger partial charge in [-0.15, -0.1) is 11.3 Å². The summed E-state index contributed by atoms with van der Waals surface area (Å²) in [5, 5.41) is 30.8. The van der Waals surface area contributed by atoms with Crippen molar-refractivity contribution in [3.8, 4) is 21.8 Å². The molecule has 1 fully saturated rings. The van der Waals surface area contributed by atoms with Gasteiger partial charge in [0.1, 0.15) is 23.6 Å². The first-order valence-corrected chi connectivity index (χ1v) is 22.7. The molecule has 1 aliphatic heterocycles. The van der Waals surface area contributed by atoms with Crippen molar-refractivity contribution in [2.24, 2.45) is 11.3 Å². The Labute approximate surface area is 383 Å². The maximum atomic E-state index is 14.7. The highest BCUT2D eigenvalue weighted by Crippen LogP contribution is 2.28. The maximum Gasteiger partial charge on any atom is 0.407 e. The van der Waals surface area contributed by atoms with Gasteiger partial charge in [0.15, 0.2) is 0 Å². The van der Waals surface area contributed by atoms with Crippen molar-refractivity contribution in [2.75, 3.05) is 13.6 Å². The predicted molar refractivity (Wildman–Crippen MR) is 248 cm³/mol. The molecular formula is C49H58N8O7S. The fraction of sp³-hybridized carbons (Fsp3) is 0.388. The molecule has 2 aromatic carbocycles. The second-order valence-electron chi connectivity index (χ2n) is 17.7. The van der Waals surface area contributed by atoms with Gasteiger partial charge in [0.2, 0.25) is 11.8 Å². The van der Waals surface area contributed by atoms with E-state index in [4.69, 9.17) is 0 Å². The standard InChI is InChI=1S/C49H58N8O7S/c1-7-31(2)42(57-29-41(59)56(47(57)62)28-37-30-65-46(53-37)35-16-13-22-50-27-35)44(60)54-39(25-32-14-9-8-10-15-32)40(58)26-36(52-45(61)43(49(3,4)5)55(6)48(63)64)24-33-18-20-34(21-19-33)38-17-11-12-23-51-38/h8-23,27,30-31,36,39-40,42-43,58H,7,24-26,28-29H2,1-6H3,(H,52,61)(H,54,60)(H,63,64)/t31?,36-,39-,40-,42-,43+/m0/s1. The Morgan fingerprint density at radius 3 is 2.22 bits per heavy atom. The summed E-state index contributed by atoms with van der Waals surface area (Å²) >= 11 is 1.38. The Hall–Kier alpha value is -6.52. The molecular weight excluding hydrogens is 845 g/mol. The molecule has 0 saturated carbocycles. The molecule has 0 bridgehead atoms. The lowest BCUT2D eigenvalue weighted by Crippen LogP contribution is -2.58. The van der Waals surface area contributed by atoms with Crippen molar-refractivity contribution in [3.05, 3.63) is 126 Å². The number of pyridine rings is 2. The van der Waals surface area contributed by atoms with Crippen LogP contribution in [0, 0.1) is 11.3 Å². The van der Waals surface area contributed by atoms with Gasteiger partial charge in [-0.25, -0.2) is 14.6 Å². The molecule has 16 heteroatoms. The third-order valence-corrected chi connectivity index (χ3v) is 12.7. The van der Waals surface area contributed by atoms with E-state index < -0.39 is 65.5 Å². The van der Waals surface area contributed by atoms with Crippen molar-refractivity contribution < 1.29 is 34.2 Å². The molecule has 3 aromatic heterocycles. The number of likely N-dealkylation sites (N-methyl/N-ethyl adjacent to an activating group) is 1. The van der Waals surface area contributed by atoms with Gasteiger partial charge in [-0.3, -0.25) is 34.2 Å². The monoisotopic (exact) mass is 902 g/mol. The van der Waals surface area contributed by atoms with Gasteiger partial charge in [-0.2, -0.15) is 0 Å². The summed E-state index contributed by atoms with van der Waals surface area (Å²) < 4.78 is 0. The summed E-state index contributed by atoms with van der Waals surface area (Å²) in [6.45, 7) is 8.73. The number of amides is 6. The number of hydrogen-bond donors (Lipinski definition) is 4. The summed E-state index contributed by atoms with van der Waals surface area (Å²) in [4.78, 5) is 85.2. The molecule has 1 aliphatic rings. The molecule has 65 heavy (non-hydrogen) atoms. The molecule has 6 amide bonds. The Balaban J connectivity index is 1.26. The number of hydrogen-bond acceptors (Lipinski definition) is 10. The van der Waals surface area contributed by atoms with E-state index in [0.717, 1.165) is 37.7 Å². The van der Waals surface area contributed by atoms with Gasteiger partial charge < -0.3 is 25.7 Å². The molecule has 6 atom stereocenters. The number of thiazole rings is 1. The topological polar surface area (TPSA) is 198 Å². The van der Waals surface area contributed by atoms with Crippen LogP contribution < -0.4 is 10.6 Å². The normalized spacial score (nSPS) is 15.7.